The van der Waals surface area contributed by atoms with Crippen LogP contribution in [0.15, 0.2) is 54.0 Å². The predicted molar refractivity (Wildman–Crippen MR) is 146 cm³/mol. The molecular weight excluding hydrogens is 482 g/mol. The first kappa shape index (κ1) is 24.8. The van der Waals surface area contributed by atoms with E-state index in [0.29, 0.717) is 43.8 Å². The molecule has 200 valence electrons. The quantitative estimate of drug-likeness (QED) is 0.512. The molecular formula is C29H35N5O4. The number of morpholine rings is 1. The Morgan fingerprint density at radius 2 is 1.87 bits per heavy atom. The summed E-state index contributed by atoms with van der Waals surface area (Å²) >= 11 is 0. The minimum absolute atomic E-state index is 0.107. The predicted octanol–water partition coefficient (Wildman–Crippen LogP) is 3.68. The summed E-state index contributed by atoms with van der Waals surface area (Å²) in [5, 5.41) is 3.07. The molecule has 1 aromatic carbocycles. The third-order valence-corrected chi connectivity index (χ3v) is 7.47. The number of hydrogen-bond acceptors (Lipinski definition) is 8. The largest absolute Gasteiger partial charge is 0.473 e. The summed E-state index contributed by atoms with van der Waals surface area (Å²) in [6.07, 6.45) is 9.68. The molecule has 0 radical (unpaired) electrons. The van der Waals surface area contributed by atoms with Gasteiger partial charge in [0.25, 0.3) is 5.91 Å². The van der Waals surface area contributed by atoms with Crippen LogP contribution in [0.25, 0.3) is 11.1 Å². The van der Waals surface area contributed by atoms with Crippen molar-refractivity contribution in [2.24, 2.45) is 5.92 Å². The second-order valence-corrected chi connectivity index (χ2v) is 10.3. The van der Waals surface area contributed by atoms with Gasteiger partial charge in [-0.2, -0.15) is 0 Å². The number of pyridine rings is 1. The fraction of sp³-hybridized carbons (Fsp3) is 0.448. The number of hydrazine groups is 1. The zero-order valence-electron chi connectivity index (χ0n) is 21.8. The van der Waals surface area contributed by atoms with E-state index in [1.54, 1.807) is 6.20 Å². The number of nitrogens with zero attached hydrogens (tertiary/aromatic N) is 2. The molecule has 3 N–H and O–H groups in total. The van der Waals surface area contributed by atoms with Gasteiger partial charge in [-0.15, -0.1) is 0 Å². The molecule has 3 fully saturated rings. The molecule has 4 heterocycles. The topological polar surface area (TPSA) is 97.0 Å². The standard InChI is InChI=1S/C29H35N5O4/c1-19-2-5-23(32-28(35)22-14-26(20-3-4-20)33-31-18-22)16-25(19)21-15-27(34-8-12-37-13-9-34)29(30-17-21)38-24-6-10-36-11-7-24/h2,5,14-18,20,24,31,33H,3-4,6-13H2,1H3,(H,32,35). The molecule has 1 aliphatic carbocycles. The zero-order chi connectivity index (χ0) is 25.9. The Hall–Kier alpha value is -3.56. The van der Waals surface area contributed by atoms with E-state index in [2.05, 4.69) is 34.1 Å². The molecule has 2 saturated heterocycles. The van der Waals surface area contributed by atoms with Crippen LogP contribution in [0.5, 0.6) is 5.88 Å². The van der Waals surface area contributed by atoms with Gasteiger partial charge in [0.15, 0.2) is 0 Å². The number of rotatable bonds is 7. The molecule has 3 aliphatic heterocycles. The van der Waals surface area contributed by atoms with Gasteiger partial charge in [0.2, 0.25) is 5.88 Å². The number of hydrogen-bond donors (Lipinski definition) is 3. The van der Waals surface area contributed by atoms with Crippen LogP contribution < -0.4 is 25.8 Å². The Morgan fingerprint density at radius 3 is 2.66 bits per heavy atom. The van der Waals surface area contributed by atoms with Crippen molar-refractivity contribution in [2.45, 2.75) is 38.7 Å². The highest BCUT2D eigenvalue weighted by atomic mass is 16.5. The highest BCUT2D eigenvalue weighted by Crippen LogP contribution is 2.37. The molecule has 0 atom stereocenters. The highest BCUT2D eigenvalue weighted by Gasteiger charge is 2.28. The van der Waals surface area contributed by atoms with E-state index in [1.807, 2.05) is 30.5 Å². The van der Waals surface area contributed by atoms with Gasteiger partial charge < -0.3 is 35.3 Å². The summed E-state index contributed by atoms with van der Waals surface area (Å²) in [6, 6.07) is 8.15. The Labute approximate surface area is 223 Å². The molecule has 9 nitrogen and oxygen atoms in total. The average Bonchev–Trinajstić information content (AvgIpc) is 3.81. The average molecular weight is 518 g/mol. The molecule has 6 rings (SSSR count). The van der Waals surface area contributed by atoms with Crippen molar-refractivity contribution in [1.82, 2.24) is 15.8 Å². The zero-order valence-corrected chi connectivity index (χ0v) is 21.8. The molecule has 2 aromatic rings. The molecule has 1 saturated carbocycles. The van der Waals surface area contributed by atoms with E-state index in [-0.39, 0.29) is 12.0 Å². The maximum Gasteiger partial charge on any atom is 0.257 e. The summed E-state index contributed by atoms with van der Waals surface area (Å²) in [6.45, 7) is 6.45. The number of benzene rings is 1. The molecule has 1 aromatic heterocycles. The lowest BCUT2D eigenvalue weighted by Crippen LogP contribution is -2.37. The van der Waals surface area contributed by atoms with Gasteiger partial charge in [0.1, 0.15) is 11.8 Å². The number of anilines is 2. The van der Waals surface area contributed by atoms with Crippen LogP contribution in [-0.2, 0) is 14.3 Å². The Bertz CT molecular complexity index is 1240. The summed E-state index contributed by atoms with van der Waals surface area (Å²) in [5.74, 6) is 1.05. The van der Waals surface area contributed by atoms with Gasteiger partial charge in [-0.25, -0.2) is 4.98 Å². The third kappa shape index (κ3) is 5.63. The number of carbonyl (C=O) groups is 1. The maximum absolute atomic E-state index is 13.0. The summed E-state index contributed by atoms with van der Waals surface area (Å²) < 4.78 is 17.5. The lowest BCUT2D eigenvalue weighted by molar-refractivity contribution is -0.112. The number of nitrogens with one attached hydrogen (secondary N) is 3. The summed E-state index contributed by atoms with van der Waals surface area (Å²) in [4.78, 5) is 20.1. The lowest BCUT2D eigenvalue weighted by Gasteiger charge is -2.31. The van der Waals surface area contributed by atoms with Crippen molar-refractivity contribution in [1.29, 1.82) is 0 Å². The second-order valence-electron chi connectivity index (χ2n) is 10.3. The Balaban J connectivity index is 1.25. The molecule has 1 amide bonds. The Morgan fingerprint density at radius 1 is 1.08 bits per heavy atom. The first-order chi connectivity index (χ1) is 18.6. The molecule has 38 heavy (non-hydrogen) atoms. The van der Waals surface area contributed by atoms with Crippen molar-refractivity contribution >= 4 is 17.3 Å². The first-order valence-electron chi connectivity index (χ1n) is 13.6. The second kappa shape index (κ2) is 11.0. The van der Waals surface area contributed by atoms with Gasteiger partial charge in [-0.3, -0.25) is 4.79 Å². The fourth-order valence-corrected chi connectivity index (χ4v) is 5.06. The maximum atomic E-state index is 13.0. The van der Waals surface area contributed by atoms with Crippen molar-refractivity contribution in [3.63, 3.8) is 0 Å². The van der Waals surface area contributed by atoms with E-state index < -0.39 is 0 Å². The fourth-order valence-electron chi connectivity index (χ4n) is 5.06. The van der Waals surface area contributed by atoms with Crippen LogP contribution >= 0.6 is 0 Å². The molecule has 0 bridgehead atoms. The van der Waals surface area contributed by atoms with Crippen molar-refractivity contribution in [2.75, 3.05) is 49.7 Å². The smallest absolute Gasteiger partial charge is 0.257 e. The van der Waals surface area contributed by atoms with E-state index in [1.165, 1.54) is 0 Å². The van der Waals surface area contributed by atoms with Gasteiger partial charge >= 0.3 is 0 Å². The van der Waals surface area contributed by atoms with Crippen LogP contribution in [0.2, 0.25) is 0 Å². The number of amides is 1. The van der Waals surface area contributed by atoms with Crippen LogP contribution in [0.3, 0.4) is 0 Å². The van der Waals surface area contributed by atoms with Gasteiger partial charge in [-0.1, -0.05) is 6.07 Å². The van der Waals surface area contributed by atoms with Gasteiger partial charge in [0, 0.05) is 61.2 Å². The Kier molecular flexibility index (Phi) is 7.20. The van der Waals surface area contributed by atoms with Crippen molar-refractivity contribution < 1.29 is 19.0 Å². The van der Waals surface area contributed by atoms with Crippen LogP contribution in [0.1, 0.15) is 31.2 Å². The van der Waals surface area contributed by atoms with Crippen molar-refractivity contribution in [3.8, 4) is 17.0 Å². The molecule has 4 aliphatic rings. The van der Waals surface area contributed by atoms with E-state index in [0.717, 1.165) is 72.5 Å². The molecule has 0 spiro atoms. The third-order valence-electron chi connectivity index (χ3n) is 7.47. The molecule has 9 heteroatoms. The van der Waals surface area contributed by atoms with Crippen molar-refractivity contribution in [3.05, 3.63) is 59.6 Å². The summed E-state index contributed by atoms with van der Waals surface area (Å²) in [7, 11) is 0. The number of allylic oxidation sites excluding steroid dienone is 1. The van der Waals surface area contributed by atoms with E-state index in [9.17, 15) is 4.79 Å². The number of aromatic nitrogens is 1. The molecule has 0 unspecified atom stereocenters. The normalized spacial score (nSPS) is 20.1. The number of ether oxygens (including phenoxy) is 3. The summed E-state index contributed by atoms with van der Waals surface area (Å²) in [5.41, 5.74) is 12.7. The minimum Gasteiger partial charge on any atom is -0.473 e. The van der Waals surface area contributed by atoms with Gasteiger partial charge in [0.05, 0.1) is 32.0 Å². The number of aryl methyl sites for hydroxylation is 1. The lowest BCUT2D eigenvalue weighted by atomic mass is 10.0. The van der Waals surface area contributed by atoms with E-state index >= 15 is 0 Å². The minimum atomic E-state index is -0.140. The monoisotopic (exact) mass is 517 g/mol. The van der Waals surface area contributed by atoms with Crippen LogP contribution in [-0.4, -0.2) is 56.5 Å². The van der Waals surface area contributed by atoms with Crippen LogP contribution in [0.4, 0.5) is 11.4 Å². The van der Waals surface area contributed by atoms with E-state index in [4.69, 9.17) is 19.2 Å². The number of carbonyl (C=O) groups excluding carboxylic acids is 1. The first-order valence-corrected chi connectivity index (χ1v) is 13.6. The SMILES string of the molecule is Cc1ccc(NC(=O)C2=CNNC(C3CC3)=C2)cc1-c1cnc(OC2CCOCC2)c(N2CCOCC2)c1. The highest BCUT2D eigenvalue weighted by molar-refractivity contribution is 6.06. The van der Waals surface area contributed by atoms with Crippen LogP contribution in [0, 0.1) is 12.8 Å². The van der Waals surface area contributed by atoms with Gasteiger partial charge in [-0.05, 0) is 55.2 Å².